The largest absolute Gasteiger partial charge is 0.465 e. The Labute approximate surface area is 173 Å². The summed E-state index contributed by atoms with van der Waals surface area (Å²) in [5, 5.41) is 3.44. The van der Waals surface area contributed by atoms with Crippen molar-refractivity contribution in [3.05, 3.63) is 75.8 Å². The maximum Gasteiger partial charge on any atom is 0.337 e. The molecule has 0 saturated carbocycles. The molecule has 156 valence electrons. The fourth-order valence-corrected chi connectivity index (χ4v) is 3.13. The van der Waals surface area contributed by atoms with Crippen LogP contribution >= 0.6 is 0 Å². The van der Waals surface area contributed by atoms with E-state index in [0.29, 0.717) is 41.9 Å². The molecule has 3 aromatic rings. The molecule has 2 aromatic carbocycles. The smallest absolute Gasteiger partial charge is 0.337 e. The highest BCUT2D eigenvalue weighted by molar-refractivity contribution is 5.89. The van der Waals surface area contributed by atoms with Gasteiger partial charge in [0.25, 0.3) is 11.5 Å². The second-order valence-corrected chi connectivity index (χ2v) is 6.95. The molecule has 1 atom stereocenters. The first kappa shape index (κ1) is 21.2. The third kappa shape index (κ3) is 5.30. The Balaban J connectivity index is 1.57. The summed E-state index contributed by atoms with van der Waals surface area (Å²) in [7, 11) is 1.33. The summed E-state index contributed by atoms with van der Waals surface area (Å²) in [5.74, 6) is 0.0573. The van der Waals surface area contributed by atoms with Gasteiger partial charge in [0.2, 0.25) is 0 Å². The second kappa shape index (κ2) is 9.80. The van der Waals surface area contributed by atoms with Crippen molar-refractivity contribution < 1.29 is 19.2 Å². The highest BCUT2D eigenvalue weighted by Gasteiger charge is 2.15. The van der Waals surface area contributed by atoms with E-state index in [4.69, 9.17) is 0 Å². The maximum atomic E-state index is 12.4. The first-order valence-electron chi connectivity index (χ1n) is 9.75. The fraction of sp³-hybridized carbons (Fsp3) is 0.273. The second-order valence-electron chi connectivity index (χ2n) is 6.95. The molecule has 8 heteroatoms. The number of ether oxygens (including phenoxy) is 1. The van der Waals surface area contributed by atoms with Crippen LogP contribution in [0.1, 0.15) is 28.7 Å². The molecule has 0 saturated heterocycles. The Morgan fingerprint density at radius 2 is 1.87 bits per heavy atom. The Hall–Kier alpha value is -3.52. The van der Waals surface area contributed by atoms with Gasteiger partial charge in [-0.05, 0) is 36.8 Å². The standard InChI is InChI=1S/C22H24N4O4/c1-3-26(13-19-24-18-7-5-4-6-17(18)21(28)25-19)14-20(27)23-12-15-8-10-16(11-9-15)22(29)30-2/h4-11H,3,12-14H2,1-2H3,(H,23,27)(H,24,25,28)/p+1. The van der Waals surface area contributed by atoms with E-state index in [-0.39, 0.29) is 18.0 Å². The molecule has 8 nitrogen and oxygen atoms in total. The van der Waals surface area contributed by atoms with Gasteiger partial charge in [0.15, 0.2) is 12.4 Å². The molecular weight excluding hydrogens is 384 g/mol. The predicted octanol–water partition coefficient (Wildman–Crippen LogP) is 0.431. The van der Waals surface area contributed by atoms with Crippen molar-refractivity contribution >= 4 is 22.8 Å². The van der Waals surface area contributed by atoms with Gasteiger partial charge in [0.05, 0.1) is 30.1 Å². The molecule has 0 radical (unpaired) electrons. The molecule has 1 heterocycles. The number of aromatic nitrogens is 2. The predicted molar refractivity (Wildman–Crippen MR) is 112 cm³/mol. The van der Waals surface area contributed by atoms with Crippen molar-refractivity contribution in [2.45, 2.75) is 20.0 Å². The molecule has 1 unspecified atom stereocenters. The van der Waals surface area contributed by atoms with E-state index in [9.17, 15) is 14.4 Å². The van der Waals surface area contributed by atoms with E-state index in [1.165, 1.54) is 7.11 Å². The number of amides is 1. The van der Waals surface area contributed by atoms with Crippen LogP contribution in [0.15, 0.2) is 53.3 Å². The lowest BCUT2D eigenvalue weighted by Crippen LogP contribution is -3.11. The zero-order valence-corrected chi connectivity index (χ0v) is 17.0. The van der Waals surface area contributed by atoms with Crippen LogP contribution in [0.25, 0.3) is 10.9 Å². The average molecular weight is 409 g/mol. The number of likely N-dealkylation sites (N-methyl/N-ethyl adjacent to an activating group) is 1. The van der Waals surface area contributed by atoms with Crippen LogP contribution < -0.4 is 15.8 Å². The first-order valence-corrected chi connectivity index (χ1v) is 9.75. The quantitative estimate of drug-likeness (QED) is 0.468. The molecule has 1 amide bonds. The van der Waals surface area contributed by atoms with Crippen molar-refractivity contribution in [1.82, 2.24) is 15.3 Å². The SMILES string of the molecule is CC[NH+](CC(=O)NCc1ccc(C(=O)OC)cc1)Cc1nc2ccccc2c(=O)[nH]1. The van der Waals surface area contributed by atoms with Crippen LogP contribution in [0, 0.1) is 0 Å². The zero-order chi connectivity index (χ0) is 21.5. The number of quaternary nitrogens is 1. The number of carbonyl (C=O) groups excluding carboxylic acids is 2. The zero-order valence-electron chi connectivity index (χ0n) is 17.0. The van der Waals surface area contributed by atoms with E-state index in [1.54, 1.807) is 42.5 Å². The van der Waals surface area contributed by atoms with E-state index >= 15 is 0 Å². The number of hydrogen-bond acceptors (Lipinski definition) is 5. The number of H-pyrrole nitrogens is 1. The van der Waals surface area contributed by atoms with Gasteiger partial charge < -0.3 is 19.9 Å². The number of nitrogens with one attached hydrogen (secondary N) is 3. The number of nitrogens with zero attached hydrogens (tertiary/aromatic N) is 1. The van der Waals surface area contributed by atoms with E-state index in [1.807, 2.05) is 13.0 Å². The van der Waals surface area contributed by atoms with Crippen LogP contribution in [0.5, 0.6) is 0 Å². The van der Waals surface area contributed by atoms with Gasteiger partial charge >= 0.3 is 5.97 Å². The number of carbonyl (C=O) groups is 2. The van der Waals surface area contributed by atoms with Crippen LogP contribution in [0.4, 0.5) is 0 Å². The lowest BCUT2D eigenvalue weighted by atomic mass is 10.1. The third-order valence-electron chi connectivity index (χ3n) is 4.85. The van der Waals surface area contributed by atoms with Gasteiger partial charge in [-0.2, -0.15) is 0 Å². The topological polar surface area (TPSA) is 106 Å². The Bertz CT molecular complexity index is 1090. The average Bonchev–Trinajstić information content (AvgIpc) is 2.77. The lowest BCUT2D eigenvalue weighted by molar-refractivity contribution is -0.904. The molecule has 30 heavy (non-hydrogen) atoms. The van der Waals surface area contributed by atoms with Gasteiger partial charge in [0.1, 0.15) is 6.54 Å². The Kier molecular flexibility index (Phi) is 6.92. The minimum atomic E-state index is -0.395. The van der Waals surface area contributed by atoms with Gasteiger partial charge in [-0.3, -0.25) is 9.59 Å². The summed E-state index contributed by atoms with van der Waals surface area (Å²) >= 11 is 0. The van der Waals surface area contributed by atoms with Crippen molar-refractivity contribution in [3.8, 4) is 0 Å². The first-order chi connectivity index (χ1) is 14.5. The number of rotatable bonds is 8. The molecule has 0 fully saturated rings. The summed E-state index contributed by atoms with van der Waals surface area (Å²) in [4.78, 5) is 44.4. The normalized spacial score (nSPS) is 11.8. The summed E-state index contributed by atoms with van der Waals surface area (Å²) in [6, 6.07) is 14.1. The van der Waals surface area contributed by atoms with Crippen molar-refractivity contribution in [3.63, 3.8) is 0 Å². The molecule has 0 aliphatic carbocycles. The molecule has 0 aliphatic heterocycles. The van der Waals surface area contributed by atoms with E-state index in [0.717, 1.165) is 10.5 Å². The third-order valence-corrected chi connectivity index (χ3v) is 4.85. The number of esters is 1. The minimum Gasteiger partial charge on any atom is -0.465 e. The minimum absolute atomic E-state index is 0.105. The highest BCUT2D eigenvalue weighted by atomic mass is 16.5. The lowest BCUT2D eigenvalue weighted by Gasteiger charge is -2.17. The van der Waals surface area contributed by atoms with Crippen LogP contribution in [-0.4, -0.2) is 42.0 Å². The van der Waals surface area contributed by atoms with Crippen LogP contribution in [0.2, 0.25) is 0 Å². The van der Waals surface area contributed by atoms with Crippen LogP contribution in [-0.2, 0) is 22.6 Å². The van der Waals surface area contributed by atoms with Gasteiger partial charge in [0, 0.05) is 6.54 Å². The van der Waals surface area contributed by atoms with E-state index < -0.39 is 5.97 Å². The number of aromatic amines is 1. The molecular formula is C22H25N4O4+. The summed E-state index contributed by atoms with van der Waals surface area (Å²) < 4.78 is 4.67. The van der Waals surface area contributed by atoms with Gasteiger partial charge in [-0.25, -0.2) is 9.78 Å². The summed E-state index contributed by atoms with van der Waals surface area (Å²) in [6.07, 6.45) is 0. The molecule has 0 bridgehead atoms. The molecule has 1 aromatic heterocycles. The molecule has 3 N–H and O–H groups in total. The Morgan fingerprint density at radius 3 is 2.57 bits per heavy atom. The van der Waals surface area contributed by atoms with E-state index in [2.05, 4.69) is 20.0 Å². The summed E-state index contributed by atoms with van der Waals surface area (Å²) in [6.45, 7) is 3.75. The maximum absolute atomic E-state index is 12.4. The fourth-order valence-electron chi connectivity index (χ4n) is 3.13. The number of methoxy groups -OCH3 is 1. The number of para-hydroxylation sites is 1. The monoisotopic (exact) mass is 409 g/mol. The highest BCUT2D eigenvalue weighted by Crippen LogP contribution is 2.06. The molecule has 0 aliphatic rings. The van der Waals surface area contributed by atoms with Crippen molar-refractivity contribution in [2.75, 3.05) is 20.2 Å². The van der Waals surface area contributed by atoms with Gasteiger partial charge in [-0.1, -0.05) is 24.3 Å². The number of hydrogen-bond donors (Lipinski definition) is 3. The molecule has 0 spiro atoms. The number of benzene rings is 2. The number of fused-ring (bicyclic) bond motifs is 1. The van der Waals surface area contributed by atoms with Crippen molar-refractivity contribution in [2.24, 2.45) is 0 Å². The Morgan fingerprint density at radius 1 is 1.13 bits per heavy atom. The van der Waals surface area contributed by atoms with Crippen LogP contribution in [0.3, 0.4) is 0 Å². The van der Waals surface area contributed by atoms with Gasteiger partial charge in [-0.15, -0.1) is 0 Å². The molecule has 3 rings (SSSR count). The van der Waals surface area contributed by atoms with Crippen molar-refractivity contribution in [1.29, 1.82) is 0 Å². The summed E-state index contributed by atoms with van der Waals surface area (Å²) in [5.41, 5.74) is 1.82.